The maximum atomic E-state index is 12.6. The predicted molar refractivity (Wildman–Crippen MR) is 120 cm³/mol. The molecule has 3 nitrogen and oxygen atoms in total. The fourth-order valence-electron chi connectivity index (χ4n) is 3.69. The Balaban J connectivity index is 1.55. The molecule has 150 valence electrons. The highest BCUT2D eigenvalue weighted by molar-refractivity contribution is 8.00. The summed E-state index contributed by atoms with van der Waals surface area (Å²) >= 11 is 1.60. The van der Waals surface area contributed by atoms with Gasteiger partial charge in [0.15, 0.2) is 0 Å². The summed E-state index contributed by atoms with van der Waals surface area (Å²) in [5.74, 6) is 0.839. The first-order chi connectivity index (χ1) is 13.4. The molecule has 0 radical (unpaired) electrons. The van der Waals surface area contributed by atoms with Crippen molar-refractivity contribution in [2.75, 3.05) is 18.0 Å². The van der Waals surface area contributed by atoms with Crippen molar-refractivity contribution in [2.24, 2.45) is 5.92 Å². The standard InChI is InChI=1S/C24H32N2OS/c1-17-7-13-23(14-8-17)28-20(4)24(27)25-19(3)21-9-11-22(12-10-21)26-15-5-6-18(2)16-26/h7-14,18-20H,5-6,15-16H2,1-4H3,(H,25,27)/t18-,19+,20+/m0/s1. The third kappa shape index (κ3) is 5.54. The monoisotopic (exact) mass is 396 g/mol. The fourth-order valence-corrected chi connectivity index (χ4v) is 4.56. The molecule has 3 atom stereocenters. The largest absolute Gasteiger partial charge is 0.371 e. The summed E-state index contributed by atoms with van der Waals surface area (Å²) in [6.07, 6.45) is 2.60. The van der Waals surface area contributed by atoms with E-state index in [1.54, 1.807) is 11.8 Å². The van der Waals surface area contributed by atoms with Crippen molar-refractivity contribution in [1.29, 1.82) is 0 Å². The second kappa shape index (κ2) is 9.51. The van der Waals surface area contributed by atoms with Gasteiger partial charge in [-0.1, -0.05) is 36.8 Å². The Morgan fingerprint density at radius 1 is 1.11 bits per heavy atom. The molecule has 2 aromatic carbocycles. The molecule has 0 spiro atoms. The highest BCUT2D eigenvalue weighted by Gasteiger charge is 2.19. The number of anilines is 1. The van der Waals surface area contributed by atoms with Crippen molar-refractivity contribution < 1.29 is 4.79 Å². The summed E-state index contributed by atoms with van der Waals surface area (Å²) in [4.78, 5) is 16.2. The number of hydrogen-bond donors (Lipinski definition) is 1. The Kier molecular flexibility index (Phi) is 7.06. The molecule has 3 rings (SSSR count). The summed E-state index contributed by atoms with van der Waals surface area (Å²) < 4.78 is 0. The topological polar surface area (TPSA) is 32.3 Å². The van der Waals surface area contributed by atoms with E-state index in [0.717, 1.165) is 29.5 Å². The van der Waals surface area contributed by atoms with Crippen molar-refractivity contribution in [3.05, 3.63) is 59.7 Å². The number of amides is 1. The molecule has 1 fully saturated rings. The zero-order chi connectivity index (χ0) is 20.1. The maximum absolute atomic E-state index is 12.6. The molecule has 1 N–H and O–H groups in total. The second-order valence-corrected chi connectivity index (χ2v) is 9.50. The number of aryl methyl sites for hydroxylation is 1. The van der Waals surface area contributed by atoms with Crippen LogP contribution in [0, 0.1) is 12.8 Å². The molecule has 2 aromatic rings. The average Bonchev–Trinajstić information content (AvgIpc) is 2.69. The normalized spacial score (nSPS) is 19.1. The molecule has 0 aliphatic carbocycles. The molecule has 0 unspecified atom stereocenters. The Hall–Kier alpha value is -1.94. The van der Waals surface area contributed by atoms with E-state index in [9.17, 15) is 4.79 Å². The summed E-state index contributed by atoms with van der Waals surface area (Å²) in [6, 6.07) is 17.0. The third-order valence-corrected chi connectivity index (χ3v) is 6.59. The average molecular weight is 397 g/mol. The maximum Gasteiger partial charge on any atom is 0.233 e. The molecular weight excluding hydrogens is 364 g/mol. The van der Waals surface area contributed by atoms with Crippen LogP contribution in [0.2, 0.25) is 0 Å². The number of thioether (sulfide) groups is 1. The predicted octanol–water partition coefficient (Wildman–Crippen LogP) is 5.59. The first-order valence-corrected chi connectivity index (χ1v) is 11.2. The Morgan fingerprint density at radius 3 is 2.43 bits per heavy atom. The molecule has 0 saturated carbocycles. The minimum absolute atomic E-state index is 0.00268. The molecule has 1 heterocycles. The number of carbonyl (C=O) groups excluding carboxylic acids is 1. The van der Waals surface area contributed by atoms with Gasteiger partial charge in [0.05, 0.1) is 11.3 Å². The van der Waals surface area contributed by atoms with Crippen LogP contribution in [-0.4, -0.2) is 24.2 Å². The lowest BCUT2D eigenvalue weighted by Gasteiger charge is -2.33. The molecular formula is C24H32N2OS. The van der Waals surface area contributed by atoms with Gasteiger partial charge in [-0.3, -0.25) is 4.79 Å². The minimum Gasteiger partial charge on any atom is -0.371 e. The van der Waals surface area contributed by atoms with E-state index >= 15 is 0 Å². The van der Waals surface area contributed by atoms with Gasteiger partial charge in [-0.2, -0.15) is 0 Å². The molecule has 4 heteroatoms. The zero-order valence-electron chi connectivity index (χ0n) is 17.4. The van der Waals surface area contributed by atoms with E-state index in [2.05, 4.69) is 79.5 Å². The Morgan fingerprint density at radius 2 is 1.79 bits per heavy atom. The summed E-state index contributed by atoms with van der Waals surface area (Å²) in [5, 5.41) is 3.03. The van der Waals surface area contributed by atoms with E-state index in [1.807, 2.05) is 6.92 Å². The van der Waals surface area contributed by atoms with Crippen molar-refractivity contribution >= 4 is 23.4 Å². The van der Waals surface area contributed by atoms with Crippen molar-refractivity contribution in [1.82, 2.24) is 5.32 Å². The zero-order valence-corrected chi connectivity index (χ0v) is 18.3. The number of benzene rings is 2. The smallest absolute Gasteiger partial charge is 0.233 e. The molecule has 1 aliphatic heterocycles. The highest BCUT2D eigenvalue weighted by Crippen LogP contribution is 2.26. The van der Waals surface area contributed by atoms with Crippen LogP contribution < -0.4 is 10.2 Å². The van der Waals surface area contributed by atoms with Crippen LogP contribution in [0.4, 0.5) is 5.69 Å². The summed E-state index contributed by atoms with van der Waals surface area (Å²) in [5.41, 5.74) is 3.67. The van der Waals surface area contributed by atoms with E-state index < -0.39 is 0 Å². The van der Waals surface area contributed by atoms with Crippen molar-refractivity contribution in [3.8, 4) is 0 Å². The van der Waals surface area contributed by atoms with Gasteiger partial charge >= 0.3 is 0 Å². The number of hydrogen-bond acceptors (Lipinski definition) is 3. The lowest BCUT2D eigenvalue weighted by molar-refractivity contribution is -0.120. The first-order valence-electron chi connectivity index (χ1n) is 10.3. The second-order valence-electron chi connectivity index (χ2n) is 8.09. The molecule has 0 bridgehead atoms. The van der Waals surface area contributed by atoms with Gasteiger partial charge in [0.2, 0.25) is 5.91 Å². The molecule has 28 heavy (non-hydrogen) atoms. The summed E-state index contributed by atoms with van der Waals surface area (Å²) in [6.45, 7) is 10.7. The van der Waals surface area contributed by atoms with Crippen LogP contribution in [0.5, 0.6) is 0 Å². The van der Waals surface area contributed by atoms with Gasteiger partial charge in [0.1, 0.15) is 0 Å². The number of carbonyl (C=O) groups is 1. The fraction of sp³-hybridized carbons (Fsp3) is 0.458. The number of rotatable bonds is 6. The molecule has 1 saturated heterocycles. The van der Waals surface area contributed by atoms with E-state index in [1.165, 1.54) is 24.1 Å². The van der Waals surface area contributed by atoms with Gasteiger partial charge < -0.3 is 10.2 Å². The van der Waals surface area contributed by atoms with Crippen LogP contribution in [0.3, 0.4) is 0 Å². The first kappa shape index (κ1) is 20.8. The lowest BCUT2D eigenvalue weighted by Crippen LogP contribution is -2.34. The van der Waals surface area contributed by atoms with Crippen LogP contribution >= 0.6 is 11.8 Å². The van der Waals surface area contributed by atoms with Crippen LogP contribution in [0.1, 0.15) is 50.8 Å². The van der Waals surface area contributed by atoms with Crippen molar-refractivity contribution in [3.63, 3.8) is 0 Å². The van der Waals surface area contributed by atoms with E-state index in [4.69, 9.17) is 0 Å². The van der Waals surface area contributed by atoms with Gasteiger partial charge in [-0.05, 0) is 69.4 Å². The van der Waals surface area contributed by atoms with Gasteiger partial charge in [-0.15, -0.1) is 11.8 Å². The molecule has 1 amide bonds. The Labute approximate surface area is 173 Å². The van der Waals surface area contributed by atoms with Crippen molar-refractivity contribution in [2.45, 2.75) is 56.7 Å². The van der Waals surface area contributed by atoms with Gasteiger partial charge in [-0.25, -0.2) is 0 Å². The van der Waals surface area contributed by atoms with Crippen LogP contribution in [0.15, 0.2) is 53.4 Å². The summed E-state index contributed by atoms with van der Waals surface area (Å²) in [7, 11) is 0. The number of nitrogens with one attached hydrogen (secondary N) is 1. The van der Waals surface area contributed by atoms with E-state index in [-0.39, 0.29) is 17.2 Å². The number of piperidine rings is 1. The molecule has 0 aromatic heterocycles. The van der Waals surface area contributed by atoms with Crippen LogP contribution in [-0.2, 0) is 4.79 Å². The highest BCUT2D eigenvalue weighted by atomic mass is 32.2. The van der Waals surface area contributed by atoms with Crippen LogP contribution in [0.25, 0.3) is 0 Å². The minimum atomic E-state index is -0.126. The lowest BCUT2D eigenvalue weighted by atomic mass is 9.99. The van der Waals surface area contributed by atoms with Gasteiger partial charge in [0.25, 0.3) is 0 Å². The quantitative estimate of drug-likeness (QED) is 0.646. The SMILES string of the molecule is Cc1ccc(S[C@H](C)C(=O)N[C@H](C)c2ccc(N3CCC[C@H](C)C3)cc2)cc1. The molecule has 1 aliphatic rings. The third-order valence-electron chi connectivity index (χ3n) is 5.48. The van der Waals surface area contributed by atoms with Gasteiger partial charge in [0, 0.05) is 23.7 Å². The number of nitrogens with zero attached hydrogens (tertiary/aromatic N) is 1. The Bertz CT molecular complexity index is 772. The van der Waals surface area contributed by atoms with E-state index in [0.29, 0.717) is 0 Å².